The number of thioether (sulfide) groups is 1. The first-order valence-electron chi connectivity index (χ1n) is 5.89. The second kappa shape index (κ2) is 7.81. The lowest BCUT2D eigenvalue weighted by Gasteiger charge is -2.09. The average molecular weight is 224 g/mol. The second-order valence-electron chi connectivity index (χ2n) is 3.62. The molecule has 1 aromatic carbocycles. The zero-order valence-electron chi connectivity index (χ0n) is 10.9. The van der Waals surface area contributed by atoms with Crippen molar-refractivity contribution >= 4 is 11.8 Å². The van der Waals surface area contributed by atoms with Crippen LogP contribution in [0.3, 0.4) is 0 Å². The van der Waals surface area contributed by atoms with E-state index in [1.165, 1.54) is 16.0 Å². The molecule has 0 nitrogen and oxygen atoms in total. The van der Waals surface area contributed by atoms with Crippen molar-refractivity contribution in [2.45, 2.75) is 58.1 Å². The Morgan fingerprint density at radius 2 is 1.80 bits per heavy atom. The molecule has 0 saturated heterocycles. The van der Waals surface area contributed by atoms with E-state index >= 15 is 0 Å². The summed E-state index contributed by atoms with van der Waals surface area (Å²) in [6.45, 7) is 12.9. The molecule has 86 valence electrons. The van der Waals surface area contributed by atoms with Crippen LogP contribution in [0.25, 0.3) is 0 Å². The topological polar surface area (TPSA) is 0 Å². The first-order chi connectivity index (χ1) is 7.13. The number of rotatable bonds is 3. The van der Waals surface area contributed by atoms with Crippen LogP contribution in [-0.2, 0) is 6.42 Å². The van der Waals surface area contributed by atoms with Gasteiger partial charge in [-0.15, -0.1) is 11.8 Å². The molecule has 0 spiro atoms. The van der Waals surface area contributed by atoms with Crippen molar-refractivity contribution in [3.8, 4) is 0 Å². The molecular formula is C14H24S. The monoisotopic (exact) mass is 224 g/mol. The third-order valence-electron chi connectivity index (χ3n) is 2.02. The first kappa shape index (κ1) is 14.6. The Morgan fingerprint density at radius 3 is 2.27 bits per heavy atom. The lowest BCUT2D eigenvalue weighted by Crippen LogP contribution is -1.90. The molecule has 0 aliphatic heterocycles. The van der Waals surface area contributed by atoms with E-state index < -0.39 is 0 Å². The smallest absolute Gasteiger partial charge is 0.0107 e. The van der Waals surface area contributed by atoms with Gasteiger partial charge < -0.3 is 0 Å². The summed E-state index contributed by atoms with van der Waals surface area (Å²) in [4.78, 5) is 1.44. The molecule has 0 aliphatic rings. The van der Waals surface area contributed by atoms with E-state index in [1.54, 1.807) is 0 Å². The highest BCUT2D eigenvalue weighted by Gasteiger charge is 2.02. The summed E-state index contributed by atoms with van der Waals surface area (Å²) in [5, 5.41) is 0.672. The third-order valence-corrected chi connectivity index (χ3v) is 3.19. The zero-order valence-corrected chi connectivity index (χ0v) is 11.7. The molecule has 1 rings (SSSR count). The summed E-state index contributed by atoms with van der Waals surface area (Å²) in [5.74, 6) is 0. The van der Waals surface area contributed by atoms with Crippen LogP contribution < -0.4 is 0 Å². The fourth-order valence-electron chi connectivity index (χ4n) is 1.25. The van der Waals surface area contributed by atoms with Crippen LogP contribution in [0.4, 0.5) is 0 Å². The van der Waals surface area contributed by atoms with Crippen molar-refractivity contribution in [1.82, 2.24) is 0 Å². The van der Waals surface area contributed by atoms with Crippen molar-refractivity contribution in [2.75, 3.05) is 0 Å². The molecular weight excluding hydrogens is 200 g/mol. The van der Waals surface area contributed by atoms with Crippen molar-refractivity contribution in [3.63, 3.8) is 0 Å². The van der Waals surface area contributed by atoms with Crippen LogP contribution in [0.1, 0.15) is 45.7 Å². The van der Waals surface area contributed by atoms with Crippen molar-refractivity contribution in [1.29, 1.82) is 0 Å². The Hall–Kier alpha value is -0.430. The van der Waals surface area contributed by atoms with Gasteiger partial charge in [-0.25, -0.2) is 0 Å². The van der Waals surface area contributed by atoms with E-state index in [-0.39, 0.29) is 0 Å². The van der Waals surface area contributed by atoms with Crippen molar-refractivity contribution in [2.24, 2.45) is 0 Å². The predicted molar refractivity (Wildman–Crippen MR) is 72.9 cm³/mol. The van der Waals surface area contributed by atoms with Crippen LogP contribution in [-0.4, -0.2) is 5.25 Å². The lowest BCUT2D eigenvalue weighted by atomic mass is 10.1. The molecule has 0 saturated carbocycles. The van der Waals surface area contributed by atoms with Gasteiger partial charge in [0, 0.05) is 10.1 Å². The van der Waals surface area contributed by atoms with Gasteiger partial charge in [0.05, 0.1) is 0 Å². The van der Waals surface area contributed by atoms with E-state index in [4.69, 9.17) is 0 Å². The molecule has 0 aliphatic carbocycles. The molecule has 1 heteroatoms. The Balaban J connectivity index is 0.000000921. The third kappa shape index (κ3) is 5.27. The molecule has 0 unspecified atom stereocenters. The van der Waals surface area contributed by atoms with Gasteiger partial charge in [0.15, 0.2) is 0 Å². The predicted octanol–water partition coefficient (Wildman–Crippen LogP) is 5.08. The van der Waals surface area contributed by atoms with Crippen LogP contribution in [0.15, 0.2) is 23.1 Å². The van der Waals surface area contributed by atoms with E-state index in [1.807, 2.05) is 25.6 Å². The number of aryl methyl sites for hydroxylation is 2. The molecule has 0 atom stereocenters. The van der Waals surface area contributed by atoms with Gasteiger partial charge in [0.1, 0.15) is 0 Å². The number of benzene rings is 1. The molecule has 0 N–H and O–H groups in total. The Kier molecular flexibility index (Phi) is 7.59. The summed E-state index contributed by atoms with van der Waals surface area (Å²) in [5.41, 5.74) is 2.84. The summed E-state index contributed by atoms with van der Waals surface area (Å²) in [7, 11) is 0. The second-order valence-corrected chi connectivity index (χ2v) is 5.24. The van der Waals surface area contributed by atoms with Crippen LogP contribution in [0.2, 0.25) is 0 Å². The summed E-state index contributed by atoms with van der Waals surface area (Å²) in [6, 6.07) is 6.77. The van der Waals surface area contributed by atoms with Gasteiger partial charge >= 0.3 is 0 Å². The average Bonchev–Trinajstić information content (AvgIpc) is 2.23. The fraction of sp³-hybridized carbons (Fsp3) is 0.571. The molecule has 0 amide bonds. The van der Waals surface area contributed by atoms with Gasteiger partial charge in [0.25, 0.3) is 0 Å². The normalized spacial score (nSPS) is 9.80. The molecule has 0 aromatic heterocycles. The maximum absolute atomic E-state index is 2.32. The minimum atomic E-state index is 0.672. The van der Waals surface area contributed by atoms with Crippen molar-refractivity contribution < 1.29 is 0 Å². The minimum absolute atomic E-state index is 0.672. The van der Waals surface area contributed by atoms with Gasteiger partial charge in [-0.2, -0.15) is 0 Å². The summed E-state index contributed by atoms with van der Waals surface area (Å²) >= 11 is 1.95. The van der Waals surface area contributed by atoms with E-state index in [0.717, 1.165) is 6.42 Å². The zero-order chi connectivity index (χ0) is 11.8. The quantitative estimate of drug-likeness (QED) is 0.645. The molecule has 0 bridgehead atoms. The van der Waals surface area contributed by atoms with Crippen LogP contribution >= 0.6 is 11.8 Å². The van der Waals surface area contributed by atoms with E-state index in [2.05, 4.69) is 45.9 Å². The molecule has 0 fully saturated rings. The van der Waals surface area contributed by atoms with Gasteiger partial charge in [0.2, 0.25) is 0 Å². The van der Waals surface area contributed by atoms with Gasteiger partial charge in [-0.3, -0.25) is 0 Å². The minimum Gasteiger partial charge on any atom is -0.123 e. The summed E-state index contributed by atoms with van der Waals surface area (Å²) in [6.07, 6.45) is 1.13. The van der Waals surface area contributed by atoms with E-state index in [9.17, 15) is 0 Å². The number of hydrogen-bond donors (Lipinski definition) is 0. The van der Waals surface area contributed by atoms with Gasteiger partial charge in [-0.05, 0) is 30.5 Å². The highest BCUT2D eigenvalue weighted by molar-refractivity contribution is 8.00. The lowest BCUT2D eigenvalue weighted by molar-refractivity contribution is 1.08. The van der Waals surface area contributed by atoms with Crippen molar-refractivity contribution in [3.05, 3.63) is 29.3 Å². The largest absolute Gasteiger partial charge is 0.123 e. The number of hydrogen-bond acceptors (Lipinski definition) is 1. The fourth-order valence-corrected chi connectivity index (χ4v) is 2.23. The maximum atomic E-state index is 2.32. The van der Waals surface area contributed by atoms with Crippen LogP contribution in [0, 0.1) is 6.92 Å². The standard InChI is InChI=1S/C12H18S.C2H6/c1-5-11-7-6-10(4)12(8-11)13-9(2)3;1-2/h6-9H,5H2,1-4H3;1-2H3. The molecule has 0 radical (unpaired) electrons. The first-order valence-corrected chi connectivity index (χ1v) is 6.77. The SMILES string of the molecule is CC.CCc1ccc(C)c(SC(C)C)c1. The molecule has 1 aromatic rings. The summed E-state index contributed by atoms with van der Waals surface area (Å²) < 4.78 is 0. The molecule has 15 heavy (non-hydrogen) atoms. The highest BCUT2D eigenvalue weighted by Crippen LogP contribution is 2.27. The Labute approximate surface area is 99.5 Å². The highest BCUT2D eigenvalue weighted by atomic mass is 32.2. The van der Waals surface area contributed by atoms with Crippen LogP contribution in [0.5, 0.6) is 0 Å². The molecule has 0 heterocycles. The van der Waals surface area contributed by atoms with Gasteiger partial charge in [-0.1, -0.05) is 46.8 Å². The van der Waals surface area contributed by atoms with E-state index in [0.29, 0.717) is 5.25 Å². The Bertz CT molecular complexity index is 277. The maximum Gasteiger partial charge on any atom is 0.0107 e. The Morgan fingerprint density at radius 1 is 1.20 bits per heavy atom.